The number of hydrogen-bond acceptors (Lipinski definition) is 2. The molecule has 0 radical (unpaired) electrons. The molecular weight excluding hydrogens is 154 g/mol. The van der Waals surface area contributed by atoms with Crippen LogP contribution >= 0.6 is 0 Å². The molecule has 1 heterocycles. The smallest absolute Gasteiger partial charge is 0.224 e. The summed E-state index contributed by atoms with van der Waals surface area (Å²) in [6.45, 7) is 3.69. The van der Waals surface area contributed by atoms with E-state index in [1.807, 2.05) is 20.9 Å². The van der Waals surface area contributed by atoms with Crippen molar-refractivity contribution in [2.45, 2.75) is 20.3 Å². The zero-order valence-electron chi connectivity index (χ0n) is 7.59. The molecule has 0 aliphatic carbocycles. The summed E-state index contributed by atoms with van der Waals surface area (Å²) in [5, 5.41) is 6.86. The van der Waals surface area contributed by atoms with E-state index < -0.39 is 0 Å². The monoisotopic (exact) mass is 167 g/mol. The lowest BCUT2D eigenvalue weighted by atomic mass is 10.3. The van der Waals surface area contributed by atoms with Gasteiger partial charge >= 0.3 is 0 Å². The molecule has 1 aromatic rings. The fourth-order valence-corrected chi connectivity index (χ4v) is 0.961. The van der Waals surface area contributed by atoms with Gasteiger partial charge in [0.2, 0.25) is 5.91 Å². The van der Waals surface area contributed by atoms with Gasteiger partial charge in [-0.05, 0) is 6.92 Å². The molecule has 4 nitrogen and oxygen atoms in total. The van der Waals surface area contributed by atoms with Gasteiger partial charge in [-0.15, -0.1) is 0 Å². The molecule has 12 heavy (non-hydrogen) atoms. The van der Waals surface area contributed by atoms with Crippen molar-refractivity contribution in [1.29, 1.82) is 0 Å². The third-order valence-electron chi connectivity index (χ3n) is 1.61. The van der Waals surface area contributed by atoms with Gasteiger partial charge in [-0.2, -0.15) is 5.10 Å². The summed E-state index contributed by atoms with van der Waals surface area (Å²) >= 11 is 0. The second-order valence-corrected chi connectivity index (χ2v) is 2.70. The summed E-state index contributed by atoms with van der Waals surface area (Å²) in [5.74, 6) is 0.0195. The maximum atomic E-state index is 11.0. The van der Waals surface area contributed by atoms with Crippen molar-refractivity contribution in [2.24, 2.45) is 7.05 Å². The van der Waals surface area contributed by atoms with Crippen molar-refractivity contribution in [1.82, 2.24) is 9.78 Å². The molecule has 0 spiro atoms. The third kappa shape index (κ3) is 1.84. The molecule has 0 aliphatic heterocycles. The second-order valence-electron chi connectivity index (χ2n) is 2.70. The van der Waals surface area contributed by atoms with Crippen LogP contribution in [0.5, 0.6) is 0 Å². The Morgan fingerprint density at radius 3 is 2.83 bits per heavy atom. The molecule has 0 aliphatic rings. The van der Waals surface area contributed by atoms with E-state index in [0.29, 0.717) is 6.42 Å². The normalized spacial score (nSPS) is 9.92. The molecule has 0 aromatic carbocycles. The molecule has 0 saturated carbocycles. The van der Waals surface area contributed by atoms with Crippen molar-refractivity contribution in [3.63, 3.8) is 0 Å². The fourth-order valence-electron chi connectivity index (χ4n) is 0.961. The number of amides is 1. The Bertz CT molecular complexity index is 290. The number of rotatable bonds is 2. The lowest BCUT2D eigenvalue weighted by Crippen LogP contribution is -2.09. The van der Waals surface area contributed by atoms with Crippen LogP contribution in [-0.4, -0.2) is 15.7 Å². The minimum atomic E-state index is 0.0195. The minimum absolute atomic E-state index is 0.0195. The van der Waals surface area contributed by atoms with Gasteiger partial charge < -0.3 is 5.32 Å². The van der Waals surface area contributed by atoms with Crippen molar-refractivity contribution >= 4 is 11.6 Å². The molecule has 0 bridgehead atoms. The summed E-state index contributed by atoms with van der Waals surface area (Å²) in [4.78, 5) is 11.0. The lowest BCUT2D eigenvalue weighted by molar-refractivity contribution is -0.115. The van der Waals surface area contributed by atoms with Crippen molar-refractivity contribution in [3.8, 4) is 0 Å². The van der Waals surface area contributed by atoms with Crippen LogP contribution in [0.15, 0.2) is 6.20 Å². The molecule has 4 heteroatoms. The zero-order chi connectivity index (χ0) is 9.14. The molecular formula is C8H13N3O. The number of nitrogens with zero attached hydrogens (tertiary/aromatic N) is 2. The number of anilines is 1. The van der Waals surface area contributed by atoms with Gasteiger partial charge in [0, 0.05) is 19.7 Å². The molecule has 1 aromatic heterocycles. The second kappa shape index (κ2) is 3.38. The van der Waals surface area contributed by atoms with E-state index in [-0.39, 0.29) is 5.91 Å². The average Bonchev–Trinajstić information content (AvgIpc) is 2.30. The summed E-state index contributed by atoms with van der Waals surface area (Å²) in [6, 6.07) is 0. The molecule has 1 rings (SSSR count). The van der Waals surface area contributed by atoms with Crippen LogP contribution < -0.4 is 5.32 Å². The Balaban J connectivity index is 2.75. The van der Waals surface area contributed by atoms with Crippen LogP contribution in [0, 0.1) is 6.92 Å². The molecule has 66 valence electrons. The standard InChI is InChI=1S/C8H13N3O/c1-4-8(12)9-7-5-11(3)10-6(7)2/h5H,4H2,1-3H3,(H,9,12). The van der Waals surface area contributed by atoms with Gasteiger partial charge in [0.15, 0.2) is 0 Å². The van der Waals surface area contributed by atoms with E-state index in [1.54, 1.807) is 10.9 Å². The topological polar surface area (TPSA) is 46.9 Å². The van der Waals surface area contributed by atoms with E-state index in [1.165, 1.54) is 0 Å². The zero-order valence-corrected chi connectivity index (χ0v) is 7.59. The number of nitrogens with one attached hydrogen (secondary N) is 1. The van der Waals surface area contributed by atoms with Crippen LogP contribution in [0.3, 0.4) is 0 Å². The van der Waals surface area contributed by atoms with Gasteiger partial charge in [-0.25, -0.2) is 0 Å². The van der Waals surface area contributed by atoms with Crippen LogP contribution in [0.1, 0.15) is 19.0 Å². The van der Waals surface area contributed by atoms with Gasteiger partial charge in [-0.1, -0.05) is 6.92 Å². The molecule has 0 unspecified atom stereocenters. The first kappa shape index (κ1) is 8.77. The summed E-state index contributed by atoms with van der Waals surface area (Å²) in [6.07, 6.45) is 2.29. The maximum absolute atomic E-state index is 11.0. The first-order chi connectivity index (χ1) is 5.63. The summed E-state index contributed by atoms with van der Waals surface area (Å²) in [7, 11) is 1.83. The molecule has 0 fully saturated rings. The molecule has 0 saturated heterocycles. The minimum Gasteiger partial charge on any atom is -0.323 e. The number of carbonyl (C=O) groups excluding carboxylic acids is 1. The van der Waals surface area contributed by atoms with Crippen molar-refractivity contribution in [3.05, 3.63) is 11.9 Å². The van der Waals surface area contributed by atoms with Crippen LogP contribution in [0.4, 0.5) is 5.69 Å². The molecule has 1 amide bonds. The highest BCUT2D eigenvalue weighted by Gasteiger charge is 2.04. The first-order valence-electron chi connectivity index (χ1n) is 3.93. The van der Waals surface area contributed by atoms with Gasteiger partial charge in [0.1, 0.15) is 0 Å². The number of aryl methyl sites for hydroxylation is 2. The maximum Gasteiger partial charge on any atom is 0.224 e. The Kier molecular flexibility index (Phi) is 2.47. The van der Waals surface area contributed by atoms with Crippen LogP contribution in [0.25, 0.3) is 0 Å². The lowest BCUT2D eigenvalue weighted by Gasteiger charge is -1.98. The number of carbonyl (C=O) groups is 1. The van der Waals surface area contributed by atoms with Crippen molar-refractivity contribution in [2.75, 3.05) is 5.32 Å². The van der Waals surface area contributed by atoms with E-state index in [9.17, 15) is 4.79 Å². The third-order valence-corrected chi connectivity index (χ3v) is 1.61. The number of aromatic nitrogens is 2. The van der Waals surface area contributed by atoms with Crippen LogP contribution in [-0.2, 0) is 11.8 Å². The predicted octanol–water partition coefficient (Wildman–Crippen LogP) is 1.08. The quantitative estimate of drug-likeness (QED) is 0.716. The Hall–Kier alpha value is -1.32. The fraction of sp³-hybridized carbons (Fsp3) is 0.500. The summed E-state index contributed by atoms with van der Waals surface area (Å²) < 4.78 is 1.68. The molecule has 0 atom stereocenters. The van der Waals surface area contributed by atoms with Crippen LogP contribution in [0.2, 0.25) is 0 Å². The van der Waals surface area contributed by atoms with E-state index in [2.05, 4.69) is 10.4 Å². The average molecular weight is 167 g/mol. The number of hydrogen-bond donors (Lipinski definition) is 1. The Morgan fingerprint density at radius 1 is 1.75 bits per heavy atom. The highest BCUT2D eigenvalue weighted by Crippen LogP contribution is 2.11. The molecule has 1 N–H and O–H groups in total. The highest BCUT2D eigenvalue weighted by atomic mass is 16.1. The first-order valence-corrected chi connectivity index (χ1v) is 3.93. The predicted molar refractivity (Wildman–Crippen MR) is 46.9 cm³/mol. The van der Waals surface area contributed by atoms with Gasteiger partial charge in [0.05, 0.1) is 11.4 Å². The van der Waals surface area contributed by atoms with Gasteiger partial charge in [0.25, 0.3) is 0 Å². The SMILES string of the molecule is CCC(=O)Nc1cn(C)nc1C. The van der Waals surface area contributed by atoms with E-state index in [0.717, 1.165) is 11.4 Å². The Labute approximate surface area is 71.6 Å². The van der Waals surface area contributed by atoms with Crippen molar-refractivity contribution < 1.29 is 4.79 Å². The largest absolute Gasteiger partial charge is 0.323 e. The van der Waals surface area contributed by atoms with E-state index in [4.69, 9.17) is 0 Å². The van der Waals surface area contributed by atoms with Gasteiger partial charge in [-0.3, -0.25) is 9.48 Å². The summed E-state index contributed by atoms with van der Waals surface area (Å²) in [5.41, 5.74) is 1.64. The Morgan fingerprint density at radius 2 is 2.42 bits per heavy atom. The van der Waals surface area contributed by atoms with E-state index >= 15 is 0 Å². The highest BCUT2D eigenvalue weighted by molar-refractivity contribution is 5.90.